The van der Waals surface area contributed by atoms with Gasteiger partial charge in [-0.2, -0.15) is 0 Å². The number of hydrogen-bond acceptors (Lipinski definition) is 1. The lowest BCUT2D eigenvalue weighted by Gasteiger charge is -2.17. The van der Waals surface area contributed by atoms with Gasteiger partial charge in [0.2, 0.25) is 0 Å². The van der Waals surface area contributed by atoms with Crippen molar-refractivity contribution in [3.8, 4) is 0 Å². The van der Waals surface area contributed by atoms with Crippen LogP contribution in [0.15, 0.2) is 22.7 Å². The van der Waals surface area contributed by atoms with E-state index in [0.717, 1.165) is 12.6 Å². The molecular weight excluding hydrogens is 389 g/mol. The molecule has 1 aliphatic rings. The Bertz CT molecular complexity index is 359. The van der Waals surface area contributed by atoms with Crippen molar-refractivity contribution in [3.63, 3.8) is 0 Å². The van der Waals surface area contributed by atoms with E-state index in [9.17, 15) is 0 Å². The second kappa shape index (κ2) is 7.10. The SMILES string of the molecule is Brc1ccc(I)cc1CNC1CCCCCC1. The molecule has 3 heteroatoms. The highest BCUT2D eigenvalue weighted by Crippen LogP contribution is 2.21. The Morgan fingerprint density at radius 2 is 1.88 bits per heavy atom. The summed E-state index contributed by atoms with van der Waals surface area (Å²) in [6.45, 7) is 0.988. The van der Waals surface area contributed by atoms with Crippen molar-refractivity contribution in [3.05, 3.63) is 31.8 Å². The Labute approximate surface area is 126 Å². The van der Waals surface area contributed by atoms with Crippen molar-refractivity contribution in [1.82, 2.24) is 5.32 Å². The van der Waals surface area contributed by atoms with Gasteiger partial charge in [0.15, 0.2) is 0 Å². The zero-order chi connectivity index (χ0) is 12.1. The molecule has 0 unspecified atom stereocenters. The highest BCUT2D eigenvalue weighted by atomic mass is 127. The van der Waals surface area contributed by atoms with Gasteiger partial charge in [0.05, 0.1) is 0 Å². The molecule has 0 saturated heterocycles. The summed E-state index contributed by atoms with van der Waals surface area (Å²) in [5.74, 6) is 0. The van der Waals surface area contributed by atoms with E-state index in [4.69, 9.17) is 0 Å². The number of halogens is 2. The van der Waals surface area contributed by atoms with Gasteiger partial charge in [0, 0.05) is 20.6 Å². The topological polar surface area (TPSA) is 12.0 Å². The molecule has 1 aliphatic carbocycles. The van der Waals surface area contributed by atoms with E-state index < -0.39 is 0 Å². The third kappa shape index (κ3) is 4.52. The van der Waals surface area contributed by atoms with Gasteiger partial charge in [-0.15, -0.1) is 0 Å². The van der Waals surface area contributed by atoms with Gasteiger partial charge in [-0.25, -0.2) is 0 Å². The normalized spacial score (nSPS) is 18.0. The molecule has 94 valence electrons. The van der Waals surface area contributed by atoms with Crippen LogP contribution in [-0.4, -0.2) is 6.04 Å². The molecule has 0 heterocycles. The largest absolute Gasteiger partial charge is 0.310 e. The number of rotatable bonds is 3. The maximum atomic E-state index is 3.71. The van der Waals surface area contributed by atoms with Crippen LogP contribution in [0.3, 0.4) is 0 Å². The highest BCUT2D eigenvalue weighted by molar-refractivity contribution is 14.1. The third-order valence-electron chi connectivity index (χ3n) is 3.44. The molecule has 1 aromatic rings. The zero-order valence-electron chi connectivity index (χ0n) is 10.0. The van der Waals surface area contributed by atoms with Crippen molar-refractivity contribution in [2.75, 3.05) is 0 Å². The van der Waals surface area contributed by atoms with Crippen LogP contribution in [0.25, 0.3) is 0 Å². The van der Waals surface area contributed by atoms with Crippen molar-refractivity contribution < 1.29 is 0 Å². The first-order chi connectivity index (χ1) is 8.25. The summed E-state index contributed by atoms with van der Waals surface area (Å²) in [6.07, 6.45) is 8.33. The lowest BCUT2D eigenvalue weighted by molar-refractivity contribution is 0.458. The summed E-state index contributed by atoms with van der Waals surface area (Å²) in [6, 6.07) is 7.27. The van der Waals surface area contributed by atoms with Gasteiger partial charge < -0.3 is 5.32 Å². The molecule has 1 saturated carbocycles. The Kier molecular flexibility index (Phi) is 5.77. The van der Waals surface area contributed by atoms with E-state index in [1.165, 1.54) is 52.1 Å². The van der Waals surface area contributed by atoms with Crippen LogP contribution in [0.1, 0.15) is 44.1 Å². The predicted molar refractivity (Wildman–Crippen MR) is 85.2 cm³/mol. The van der Waals surface area contributed by atoms with Gasteiger partial charge in [0.25, 0.3) is 0 Å². The number of hydrogen-bond donors (Lipinski definition) is 1. The van der Waals surface area contributed by atoms with Crippen molar-refractivity contribution in [2.24, 2.45) is 0 Å². The quantitative estimate of drug-likeness (QED) is 0.556. The minimum absolute atomic E-state index is 0.724. The minimum Gasteiger partial charge on any atom is -0.310 e. The molecule has 0 atom stereocenters. The van der Waals surface area contributed by atoms with Crippen LogP contribution in [0.4, 0.5) is 0 Å². The third-order valence-corrected chi connectivity index (χ3v) is 4.89. The van der Waals surface area contributed by atoms with Gasteiger partial charge >= 0.3 is 0 Å². The first-order valence-corrected chi connectivity index (χ1v) is 8.30. The molecule has 0 radical (unpaired) electrons. The average molecular weight is 408 g/mol. The monoisotopic (exact) mass is 407 g/mol. The fraction of sp³-hybridized carbons (Fsp3) is 0.571. The summed E-state index contributed by atoms with van der Waals surface area (Å²) in [4.78, 5) is 0. The van der Waals surface area contributed by atoms with Crippen molar-refractivity contribution in [1.29, 1.82) is 0 Å². The number of benzene rings is 1. The van der Waals surface area contributed by atoms with Crippen LogP contribution in [0.5, 0.6) is 0 Å². The average Bonchev–Trinajstić information content (AvgIpc) is 2.59. The van der Waals surface area contributed by atoms with Gasteiger partial charge in [-0.05, 0) is 59.2 Å². The maximum Gasteiger partial charge on any atom is 0.0220 e. The molecule has 0 aliphatic heterocycles. The van der Waals surface area contributed by atoms with Gasteiger partial charge in [0.1, 0.15) is 0 Å². The summed E-state index contributed by atoms with van der Waals surface area (Å²) < 4.78 is 2.53. The summed E-state index contributed by atoms with van der Waals surface area (Å²) in [5, 5.41) is 3.71. The summed E-state index contributed by atoms with van der Waals surface area (Å²) >= 11 is 6.00. The molecule has 0 amide bonds. The Morgan fingerprint density at radius 1 is 1.18 bits per heavy atom. The lowest BCUT2D eigenvalue weighted by atomic mass is 10.1. The molecule has 1 nitrogen and oxygen atoms in total. The van der Waals surface area contributed by atoms with E-state index in [-0.39, 0.29) is 0 Å². The highest BCUT2D eigenvalue weighted by Gasteiger charge is 2.11. The molecule has 0 spiro atoms. The first-order valence-electron chi connectivity index (χ1n) is 6.43. The summed E-state index contributed by atoms with van der Waals surface area (Å²) in [7, 11) is 0. The van der Waals surface area contributed by atoms with Crippen LogP contribution >= 0.6 is 38.5 Å². The molecule has 1 fully saturated rings. The van der Waals surface area contributed by atoms with Crippen LogP contribution < -0.4 is 5.32 Å². The molecule has 0 bridgehead atoms. The molecule has 0 aromatic heterocycles. The standard InChI is InChI=1S/C14H19BrIN/c15-14-8-7-12(16)9-11(14)10-17-13-5-3-1-2-4-6-13/h7-9,13,17H,1-6,10H2. The van der Waals surface area contributed by atoms with Crippen LogP contribution in [0, 0.1) is 3.57 Å². The smallest absolute Gasteiger partial charge is 0.0220 e. The van der Waals surface area contributed by atoms with E-state index in [1.807, 2.05) is 0 Å². The zero-order valence-corrected chi connectivity index (χ0v) is 13.8. The fourth-order valence-corrected chi connectivity index (χ4v) is 3.36. The fourth-order valence-electron chi connectivity index (χ4n) is 2.42. The second-order valence-corrected chi connectivity index (χ2v) is 6.91. The van der Waals surface area contributed by atoms with Crippen LogP contribution in [-0.2, 0) is 6.54 Å². The summed E-state index contributed by atoms with van der Waals surface area (Å²) in [5.41, 5.74) is 1.38. The molecule has 2 rings (SSSR count). The molecule has 17 heavy (non-hydrogen) atoms. The van der Waals surface area contributed by atoms with Gasteiger partial charge in [-0.1, -0.05) is 41.6 Å². The molecule has 1 N–H and O–H groups in total. The molecule has 1 aromatic carbocycles. The van der Waals surface area contributed by atoms with E-state index in [0.29, 0.717) is 0 Å². The van der Waals surface area contributed by atoms with E-state index in [2.05, 4.69) is 62.0 Å². The van der Waals surface area contributed by atoms with Crippen molar-refractivity contribution >= 4 is 38.5 Å². The van der Waals surface area contributed by atoms with E-state index >= 15 is 0 Å². The Hall–Kier alpha value is 0.390. The predicted octanol–water partition coefficient (Wildman–Crippen LogP) is 4.87. The lowest BCUT2D eigenvalue weighted by Crippen LogP contribution is -2.28. The molecular formula is C14H19BrIN. The van der Waals surface area contributed by atoms with E-state index in [1.54, 1.807) is 0 Å². The first kappa shape index (κ1) is 13.8. The Morgan fingerprint density at radius 3 is 2.59 bits per heavy atom. The minimum atomic E-state index is 0.724. The van der Waals surface area contributed by atoms with Crippen molar-refractivity contribution in [2.45, 2.75) is 51.1 Å². The Balaban J connectivity index is 1.89. The van der Waals surface area contributed by atoms with Gasteiger partial charge in [-0.3, -0.25) is 0 Å². The van der Waals surface area contributed by atoms with Crippen LogP contribution in [0.2, 0.25) is 0 Å². The maximum absolute atomic E-state index is 3.71. The second-order valence-electron chi connectivity index (χ2n) is 4.81. The number of nitrogens with one attached hydrogen (secondary N) is 1.